The van der Waals surface area contributed by atoms with Gasteiger partial charge in [-0.2, -0.15) is 0 Å². The molecule has 168 valence electrons. The Bertz CT molecular complexity index is 1220. The van der Waals surface area contributed by atoms with E-state index in [1.807, 2.05) is 37.3 Å². The summed E-state index contributed by atoms with van der Waals surface area (Å²) in [5, 5.41) is 10.4. The molecule has 0 amide bonds. The maximum atomic E-state index is 12.8. The van der Waals surface area contributed by atoms with Gasteiger partial charge in [0.2, 0.25) is 10.0 Å². The number of carboxylic acid groups (broad SMARTS) is 1. The number of carboxylic acids is 1. The lowest BCUT2D eigenvalue weighted by molar-refractivity contribution is -0.143. The van der Waals surface area contributed by atoms with Crippen molar-refractivity contribution >= 4 is 26.9 Å². The minimum absolute atomic E-state index is 0.0877. The first-order valence-electron chi connectivity index (χ1n) is 10.7. The van der Waals surface area contributed by atoms with E-state index in [0.29, 0.717) is 25.2 Å². The molecule has 0 unspecified atom stereocenters. The van der Waals surface area contributed by atoms with Crippen LogP contribution in [0.5, 0.6) is 5.75 Å². The van der Waals surface area contributed by atoms with Gasteiger partial charge in [0.05, 0.1) is 16.3 Å². The molecule has 32 heavy (non-hydrogen) atoms. The smallest absolute Gasteiger partial charge is 0.308 e. The van der Waals surface area contributed by atoms with Crippen molar-refractivity contribution in [2.45, 2.75) is 50.2 Å². The maximum Gasteiger partial charge on any atom is 0.308 e. The van der Waals surface area contributed by atoms with Gasteiger partial charge in [0, 0.05) is 22.7 Å². The molecule has 2 aromatic carbocycles. The number of rotatable bonds is 7. The Balaban J connectivity index is 1.46. The topological polar surface area (TPSA) is 106 Å². The second kappa shape index (κ2) is 9.26. The van der Waals surface area contributed by atoms with Gasteiger partial charge >= 0.3 is 5.97 Å². The number of hydrogen-bond acceptors (Lipinski definition) is 5. The number of hydrogen-bond donors (Lipinski definition) is 2. The average molecular weight is 455 g/mol. The SMILES string of the molecule is Cc1cc(COc2ccc(S(=O)(=O)N[C@@H]3CCCC[C@H]3C(=O)O)cc2)c2ccccc2n1. The summed E-state index contributed by atoms with van der Waals surface area (Å²) >= 11 is 0. The summed E-state index contributed by atoms with van der Waals surface area (Å²) in [5.41, 5.74) is 2.81. The summed E-state index contributed by atoms with van der Waals surface area (Å²) in [4.78, 5) is 16.1. The third-order valence-corrected chi connectivity index (χ3v) is 7.35. The van der Waals surface area contributed by atoms with E-state index in [2.05, 4.69) is 9.71 Å². The predicted molar refractivity (Wildman–Crippen MR) is 121 cm³/mol. The Morgan fingerprint density at radius 3 is 2.59 bits per heavy atom. The summed E-state index contributed by atoms with van der Waals surface area (Å²) < 4.78 is 34.1. The highest BCUT2D eigenvalue weighted by molar-refractivity contribution is 7.89. The van der Waals surface area contributed by atoms with Gasteiger partial charge < -0.3 is 9.84 Å². The van der Waals surface area contributed by atoms with E-state index in [-0.39, 0.29) is 4.90 Å². The van der Waals surface area contributed by atoms with Crippen molar-refractivity contribution in [3.63, 3.8) is 0 Å². The lowest BCUT2D eigenvalue weighted by atomic mass is 9.85. The molecule has 0 aliphatic heterocycles. The van der Waals surface area contributed by atoms with Crippen molar-refractivity contribution in [2.24, 2.45) is 5.92 Å². The van der Waals surface area contributed by atoms with Crippen molar-refractivity contribution < 1.29 is 23.1 Å². The van der Waals surface area contributed by atoms with E-state index in [4.69, 9.17) is 4.74 Å². The Labute approximate surface area is 187 Å². The van der Waals surface area contributed by atoms with Gasteiger partial charge in [0.25, 0.3) is 0 Å². The second-order valence-corrected chi connectivity index (χ2v) is 9.87. The molecule has 1 saturated carbocycles. The number of nitrogens with one attached hydrogen (secondary N) is 1. The molecule has 1 aromatic heterocycles. The second-order valence-electron chi connectivity index (χ2n) is 8.16. The molecule has 8 heteroatoms. The fourth-order valence-corrected chi connectivity index (χ4v) is 5.54. The Hall–Kier alpha value is -2.97. The Morgan fingerprint density at radius 2 is 1.84 bits per heavy atom. The van der Waals surface area contributed by atoms with Gasteiger partial charge in [-0.05, 0) is 56.2 Å². The molecule has 0 spiro atoms. The molecule has 3 aromatic rings. The van der Waals surface area contributed by atoms with Crippen molar-refractivity contribution in [3.05, 3.63) is 65.9 Å². The van der Waals surface area contributed by atoms with Crippen molar-refractivity contribution in [2.75, 3.05) is 0 Å². The van der Waals surface area contributed by atoms with Gasteiger partial charge in [-0.3, -0.25) is 9.78 Å². The van der Waals surface area contributed by atoms with Crippen LogP contribution < -0.4 is 9.46 Å². The molecule has 0 bridgehead atoms. The number of ether oxygens (including phenoxy) is 1. The number of benzene rings is 2. The van der Waals surface area contributed by atoms with Crippen molar-refractivity contribution in [1.29, 1.82) is 0 Å². The third-order valence-electron chi connectivity index (χ3n) is 5.85. The van der Waals surface area contributed by atoms with Gasteiger partial charge in [-0.25, -0.2) is 13.1 Å². The zero-order valence-electron chi connectivity index (χ0n) is 17.8. The molecule has 0 radical (unpaired) electrons. The number of fused-ring (bicyclic) bond motifs is 1. The van der Waals surface area contributed by atoms with Gasteiger partial charge in [-0.15, -0.1) is 0 Å². The van der Waals surface area contributed by atoms with Crippen LogP contribution in [0.4, 0.5) is 0 Å². The molecule has 1 aliphatic carbocycles. The van der Waals surface area contributed by atoms with Crippen LogP contribution in [0.1, 0.15) is 36.9 Å². The zero-order chi connectivity index (χ0) is 22.7. The van der Waals surface area contributed by atoms with Gasteiger partial charge in [-0.1, -0.05) is 31.0 Å². The molecule has 2 N–H and O–H groups in total. The van der Waals surface area contributed by atoms with Gasteiger partial charge in [0.15, 0.2) is 0 Å². The summed E-state index contributed by atoms with van der Waals surface area (Å²) in [6.07, 6.45) is 2.62. The highest BCUT2D eigenvalue weighted by atomic mass is 32.2. The van der Waals surface area contributed by atoms with Gasteiger partial charge in [0.1, 0.15) is 12.4 Å². The molecule has 2 atom stereocenters. The molecule has 7 nitrogen and oxygen atoms in total. The van der Waals surface area contributed by atoms with E-state index in [1.54, 1.807) is 12.1 Å². The fraction of sp³-hybridized carbons (Fsp3) is 0.333. The first-order valence-corrected chi connectivity index (χ1v) is 12.1. The van der Waals surface area contributed by atoms with Crippen LogP contribution in [0.15, 0.2) is 59.5 Å². The fourth-order valence-electron chi connectivity index (χ4n) is 4.23. The number of nitrogens with zero attached hydrogens (tertiary/aromatic N) is 1. The highest BCUT2D eigenvalue weighted by Gasteiger charge is 2.34. The van der Waals surface area contributed by atoms with Crippen LogP contribution in [-0.2, 0) is 21.4 Å². The number of para-hydroxylation sites is 1. The lowest BCUT2D eigenvalue weighted by Crippen LogP contribution is -2.44. The Morgan fingerprint density at radius 1 is 1.12 bits per heavy atom. The average Bonchev–Trinajstić information content (AvgIpc) is 2.77. The lowest BCUT2D eigenvalue weighted by Gasteiger charge is -2.29. The van der Waals surface area contributed by atoms with Crippen LogP contribution in [0.2, 0.25) is 0 Å². The highest BCUT2D eigenvalue weighted by Crippen LogP contribution is 2.27. The van der Waals surface area contributed by atoms with E-state index < -0.39 is 28.0 Å². The number of carbonyl (C=O) groups is 1. The van der Waals surface area contributed by atoms with Crippen molar-refractivity contribution in [1.82, 2.24) is 9.71 Å². The molecule has 4 rings (SSSR count). The minimum Gasteiger partial charge on any atom is -0.489 e. The van der Waals surface area contributed by atoms with Crippen LogP contribution in [0.25, 0.3) is 10.9 Å². The molecular weight excluding hydrogens is 428 g/mol. The standard InChI is InChI=1S/C24H26N2O5S/c1-16-14-17(20-6-2-4-8-22(20)25-16)15-31-18-10-12-19(13-11-18)32(29,30)26-23-9-5-3-7-21(23)24(27)28/h2,4,6,8,10-14,21,23,26H,3,5,7,9,15H2,1H3,(H,27,28)/t21-,23-/m1/s1. The Kier molecular flexibility index (Phi) is 6.43. The van der Waals surface area contributed by atoms with Crippen LogP contribution in [-0.4, -0.2) is 30.5 Å². The largest absolute Gasteiger partial charge is 0.489 e. The number of sulfonamides is 1. The van der Waals surface area contributed by atoms with E-state index in [9.17, 15) is 18.3 Å². The first kappa shape index (κ1) is 22.2. The number of aryl methyl sites for hydroxylation is 1. The molecule has 0 saturated heterocycles. The maximum absolute atomic E-state index is 12.8. The monoisotopic (exact) mass is 454 g/mol. The predicted octanol–water partition coefficient (Wildman–Crippen LogP) is 4.04. The van der Waals surface area contributed by atoms with E-state index >= 15 is 0 Å². The molecular formula is C24H26N2O5S. The van der Waals surface area contributed by atoms with Crippen LogP contribution >= 0.6 is 0 Å². The quantitative estimate of drug-likeness (QED) is 0.558. The summed E-state index contributed by atoms with van der Waals surface area (Å²) in [5.74, 6) is -1.11. The zero-order valence-corrected chi connectivity index (χ0v) is 18.6. The normalized spacial score (nSPS) is 19.0. The van der Waals surface area contributed by atoms with Crippen LogP contribution in [0.3, 0.4) is 0 Å². The third kappa shape index (κ3) is 4.92. The number of pyridine rings is 1. The minimum atomic E-state index is -3.82. The van der Waals surface area contributed by atoms with E-state index in [0.717, 1.165) is 35.0 Å². The molecule has 1 fully saturated rings. The number of aromatic nitrogens is 1. The van der Waals surface area contributed by atoms with Crippen molar-refractivity contribution in [3.8, 4) is 5.75 Å². The van der Waals surface area contributed by atoms with E-state index in [1.165, 1.54) is 12.1 Å². The van der Waals surface area contributed by atoms with Crippen LogP contribution in [0, 0.1) is 12.8 Å². The number of aliphatic carboxylic acids is 1. The summed E-state index contributed by atoms with van der Waals surface area (Å²) in [7, 11) is -3.82. The first-order chi connectivity index (χ1) is 15.3. The summed E-state index contributed by atoms with van der Waals surface area (Å²) in [6.45, 7) is 2.26. The molecule has 1 heterocycles. The molecule has 1 aliphatic rings. The summed E-state index contributed by atoms with van der Waals surface area (Å²) in [6, 6.07) is 15.4.